The van der Waals surface area contributed by atoms with Crippen LogP contribution in [0.3, 0.4) is 0 Å². The SMILES string of the molecule is CC1=CC[C@H]2C(=O)N(c3ccc(C(=O)Nc4ccc(Oc5ccccc5)cc4)cc3)C(=O)[C@H]2C1. The quantitative estimate of drug-likeness (QED) is 0.405. The molecule has 1 aliphatic heterocycles. The number of anilines is 2. The zero-order valence-corrected chi connectivity index (χ0v) is 18.7. The van der Waals surface area contributed by atoms with Crippen molar-refractivity contribution in [1.82, 2.24) is 0 Å². The van der Waals surface area contributed by atoms with Crippen LogP contribution in [0.2, 0.25) is 0 Å². The van der Waals surface area contributed by atoms with Crippen LogP contribution in [0.1, 0.15) is 30.1 Å². The van der Waals surface area contributed by atoms with Crippen LogP contribution in [0.4, 0.5) is 11.4 Å². The van der Waals surface area contributed by atoms with Crippen molar-refractivity contribution >= 4 is 29.1 Å². The van der Waals surface area contributed by atoms with Gasteiger partial charge in [0.2, 0.25) is 11.8 Å². The van der Waals surface area contributed by atoms with E-state index in [1.54, 1.807) is 48.5 Å². The van der Waals surface area contributed by atoms with Crippen molar-refractivity contribution in [3.05, 3.63) is 96.1 Å². The number of carbonyl (C=O) groups is 3. The van der Waals surface area contributed by atoms with E-state index >= 15 is 0 Å². The Hall–Kier alpha value is -4.19. The molecule has 0 unspecified atom stereocenters. The lowest BCUT2D eigenvalue weighted by molar-refractivity contribution is -0.122. The minimum atomic E-state index is -0.284. The summed E-state index contributed by atoms with van der Waals surface area (Å²) in [7, 11) is 0. The van der Waals surface area contributed by atoms with Gasteiger partial charge in [0.1, 0.15) is 11.5 Å². The fraction of sp³-hybridized carbons (Fsp3) is 0.179. The van der Waals surface area contributed by atoms with Gasteiger partial charge in [-0.25, -0.2) is 0 Å². The number of allylic oxidation sites excluding steroid dienone is 2. The number of hydrogen-bond donors (Lipinski definition) is 1. The minimum Gasteiger partial charge on any atom is -0.457 e. The molecule has 6 nitrogen and oxygen atoms in total. The molecule has 2 aliphatic rings. The van der Waals surface area contributed by atoms with Crippen molar-refractivity contribution < 1.29 is 19.1 Å². The predicted molar refractivity (Wildman–Crippen MR) is 130 cm³/mol. The summed E-state index contributed by atoms with van der Waals surface area (Å²) in [5.41, 5.74) is 2.71. The molecule has 3 aromatic rings. The lowest BCUT2D eigenvalue weighted by Crippen LogP contribution is -2.30. The van der Waals surface area contributed by atoms with Crippen molar-refractivity contribution in [3.63, 3.8) is 0 Å². The monoisotopic (exact) mass is 452 g/mol. The lowest BCUT2D eigenvalue weighted by atomic mass is 9.82. The molecule has 0 radical (unpaired) electrons. The summed E-state index contributed by atoms with van der Waals surface area (Å²) in [6.07, 6.45) is 3.28. The molecule has 3 amide bonds. The number of rotatable bonds is 5. The molecule has 1 aliphatic carbocycles. The number of nitrogens with zero attached hydrogens (tertiary/aromatic N) is 1. The lowest BCUT2D eigenvalue weighted by Gasteiger charge is -2.18. The second kappa shape index (κ2) is 8.98. The maximum absolute atomic E-state index is 12.9. The molecule has 3 aromatic carbocycles. The Kier molecular flexibility index (Phi) is 5.72. The molecule has 0 bridgehead atoms. The van der Waals surface area contributed by atoms with Crippen LogP contribution in [0.15, 0.2) is 90.5 Å². The van der Waals surface area contributed by atoms with Crippen LogP contribution in [0.5, 0.6) is 11.5 Å². The van der Waals surface area contributed by atoms with Crippen molar-refractivity contribution in [2.24, 2.45) is 11.8 Å². The number of fused-ring (bicyclic) bond motifs is 1. The molecule has 1 heterocycles. The normalized spacial score (nSPS) is 19.4. The fourth-order valence-electron chi connectivity index (χ4n) is 4.49. The molecule has 0 saturated carbocycles. The Balaban J connectivity index is 1.24. The maximum atomic E-state index is 12.9. The molecule has 6 heteroatoms. The molecule has 1 N–H and O–H groups in total. The Morgan fingerprint density at radius 3 is 2.21 bits per heavy atom. The van der Waals surface area contributed by atoms with Crippen LogP contribution in [-0.2, 0) is 9.59 Å². The number of hydrogen-bond acceptors (Lipinski definition) is 4. The van der Waals surface area contributed by atoms with E-state index in [0.717, 1.165) is 11.3 Å². The molecular weight excluding hydrogens is 428 g/mol. The topological polar surface area (TPSA) is 75.7 Å². The summed E-state index contributed by atoms with van der Waals surface area (Å²) in [5.74, 6) is 0.240. The first-order valence-electron chi connectivity index (χ1n) is 11.3. The van der Waals surface area contributed by atoms with Crippen LogP contribution in [-0.4, -0.2) is 17.7 Å². The van der Waals surface area contributed by atoms with Gasteiger partial charge in [0.05, 0.1) is 17.5 Å². The fourth-order valence-corrected chi connectivity index (χ4v) is 4.49. The van der Waals surface area contributed by atoms with Gasteiger partial charge < -0.3 is 10.1 Å². The van der Waals surface area contributed by atoms with Crippen LogP contribution < -0.4 is 15.0 Å². The molecule has 34 heavy (non-hydrogen) atoms. The number of para-hydroxylation sites is 1. The predicted octanol–water partition coefficient (Wildman–Crippen LogP) is 5.58. The van der Waals surface area contributed by atoms with Crippen molar-refractivity contribution in [1.29, 1.82) is 0 Å². The second-order valence-electron chi connectivity index (χ2n) is 8.66. The van der Waals surface area contributed by atoms with E-state index in [9.17, 15) is 14.4 Å². The van der Waals surface area contributed by atoms with Crippen molar-refractivity contribution in [2.75, 3.05) is 10.2 Å². The summed E-state index contributed by atoms with van der Waals surface area (Å²) in [5, 5.41) is 2.85. The number of ether oxygens (including phenoxy) is 1. The summed E-state index contributed by atoms with van der Waals surface area (Å²) in [6.45, 7) is 1.99. The van der Waals surface area contributed by atoms with E-state index in [4.69, 9.17) is 4.74 Å². The van der Waals surface area contributed by atoms with E-state index in [-0.39, 0.29) is 29.6 Å². The molecule has 0 spiro atoms. The van der Waals surface area contributed by atoms with Crippen LogP contribution in [0.25, 0.3) is 0 Å². The summed E-state index contributed by atoms with van der Waals surface area (Å²) < 4.78 is 5.77. The Labute approximate surface area is 197 Å². The third kappa shape index (κ3) is 4.22. The van der Waals surface area contributed by atoms with E-state index in [1.165, 1.54) is 4.90 Å². The smallest absolute Gasteiger partial charge is 0.255 e. The van der Waals surface area contributed by atoms with Crippen LogP contribution in [0, 0.1) is 11.8 Å². The minimum absolute atomic E-state index is 0.155. The Bertz CT molecular complexity index is 1260. The number of benzene rings is 3. The first-order valence-corrected chi connectivity index (χ1v) is 11.3. The molecule has 1 saturated heterocycles. The van der Waals surface area contributed by atoms with E-state index in [0.29, 0.717) is 35.5 Å². The largest absolute Gasteiger partial charge is 0.457 e. The molecular formula is C28H24N2O4. The molecule has 170 valence electrons. The first kappa shape index (κ1) is 21.6. The van der Waals surface area contributed by atoms with Gasteiger partial charge in [0.25, 0.3) is 5.91 Å². The van der Waals surface area contributed by atoms with E-state index in [1.807, 2.05) is 43.3 Å². The highest BCUT2D eigenvalue weighted by atomic mass is 16.5. The molecule has 1 fully saturated rings. The van der Waals surface area contributed by atoms with Gasteiger partial charge in [-0.3, -0.25) is 19.3 Å². The zero-order valence-electron chi connectivity index (χ0n) is 18.7. The summed E-state index contributed by atoms with van der Waals surface area (Å²) in [6, 6.07) is 23.1. The van der Waals surface area contributed by atoms with Gasteiger partial charge in [-0.2, -0.15) is 0 Å². The van der Waals surface area contributed by atoms with Crippen LogP contribution >= 0.6 is 0 Å². The highest BCUT2D eigenvalue weighted by Gasteiger charge is 2.48. The maximum Gasteiger partial charge on any atom is 0.255 e. The second-order valence-corrected chi connectivity index (χ2v) is 8.66. The van der Waals surface area contributed by atoms with Gasteiger partial charge >= 0.3 is 0 Å². The number of amides is 3. The molecule has 5 rings (SSSR count). The zero-order chi connectivity index (χ0) is 23.7. The van der Waals surface area contributed by atoms with Gasteiger partial charge in [-0.1, -0.05) is 29.8 Å². The third-order valence-electron chi connectivity index (χ3n) is 6.30. The van der Waals surface area contributed by atoms with Crippen molar-refractivity contribution in [2.45, 2.75) is 19.8 Å². The van der Waals surface area contributed by atoms with Gasteiger partial charge in [0, 0.05) is 11.3 Å². The van der Waals surface area contributed by atoms with Gasteiger partial charge in [0.15, 0.2) is 0 Å². The first-order chi connectivity index (χ1) is 16.5. The number of nitrogens with one attached hydrogen (secondary N) is 1. The molecule has 0 aromatic heterocycles. The summed E-state index contributed by atoms with van der Waals surface area (Å²) in [4.78, 5) is 39.7. The van der Waals surface area contributed by atoms with E-state index < -0.39 is 0 Å². The highest BCUT2D eigenvalue weighted by molar-refractivity contribution is 6.22. The van der Waals surface area contributed by atoms with E-state index in [2.05, 4.69) is 5.32 Å². The third-order valence-corrected chi connectivity index (χ3v) is 6.30. The van der Waals surface area contributed by atoms with Crippen molar-refractivity contribution in [3.8, 4) is 11.5 Å². The summed E-state index contributed by atoms with van der Waals surface area (Å²) >= 11 is 0. The Morgan fingerprint density at radius 2 is 1.50 bits per heavy atom. The average Bonchev–Trinajstić information content (AvgIpc) is 3.10. The Morgan fingerprint density at radius 1 is 0.853 bits per heavy atom. The standard InChI is InChI=1S/C28H24N2O4/c1-18-7-16-24-25(17-18)28(33)30(27(24)32)21-12-8-19(9-13-21)26(31)29-20-10-14-23(15-11-20)34-22-5-3-2-4-6-22/h2-15,24-25H,16-17H2,1H3,(H,29,31)/t24-,25+/m1/s1. The number of carbonyl (C=O) groups excluding carboxylic acids is 3. The van der Waals surface area contributed by atoms with Gasteiger partial charge in [-0.05, 0) is 80.4 Å². The molecule has 2 atom stereocenters. The van der Waals surface area contributed by atoms with Gasteiger partial charge in [-0.15, -0.1) is 0 Å². The average molecular weight is 453 g/mol. The number of imide groups is 1. The highest BCUT2D eigenvalue weighted by Crippen LogP contribution is 2.39.